The van der Waals surface area contributed by atoms with Crippen molar-refractivity contribution in [2.24, 2.45) is 0 Å². The van der Waals surface area contributed by atoms with Gasteiger partial charge >= 0.3 is 11.9 Å². The minimum atomic E-state index is -1.49. The normalized spacial score (nSPS) is 9.95. The SMILES string of the molecule is O=C(O)CN(CC(=O)O)C(=O)c1ccc(F)cc1[N+](=O)[O-]. The van der Waals surface area contributed by atoms with Crippen LogP contribution in [0.5, 0.6) is 0 Å². The number of nitro groups is 1. The van der Waals surface area contributed by atoms with Gasteiger partial charge in [-0.15, -0.1) is 0 Å². The lowest BCUT2D eigenvalue weighted by Gasteiger charge is -2.18. The Labute approximate surface area is 116 Å². The lowest BCUT2D eigenvalue weighted by molar-refractivity contribution is -0.385. The molecule has 0 aliphatic heterocycles. The van der Waals surface area contributed by atoms with Crippen LogP contribution in [-0.2, 0) is 9.59 Å². The van der Waals surface area contributed by atoms with Gasteiger partial charge in [-0.3, -0.25) is 24.5 Å². The van der Waals surface area contributed by atoms with Gasteiger partial charge in [-0.25, -0.2) is 4.39 Å². The van der Waals surface area contributed by atoms with E-state index in [0.29, 0.717) is 11.0 Å². The first-order valence-electron chi connectivity index (χ1n) is 5.39. The number of carboxylic acids is 2. The first-order valence-corrected chi connectivity index (χ1v) is 5.39. The molecule has 1 amide bonds. The summed E-state index contributed by atoms with van der Waals surface area (Å²) in [5.74, 6) is -5.13. The van der Waals surface area contributed by atoms with Crippen molar-refractivity contribution >= 4 is 23.5 Å². The number of nitro benzene ring substituents is 1. The van der Waals surface area contributed by atoms with Crippen molar-refractivity contribution in [2.45, 2.75) is 0 Å². The van der Waals surface area contributed by atoms with E-state index in [-0.39, 0.29) is 0 Å². The smallest absolute Gasteiger partial charge is 0.323 e. The number of carbonyl (C=O) groups is 3. The van der Waals surface area contributed by atoms with E-state index in [9.17, 15) is 28.9 Å². The van der Waals surface area contributed by atoms with E-state index in [1.165, 1.54) is 0 Å². The number of aliphatic carboxylic acids is 2. The highest BCUT2D eigenvalue weighted by molar-refractivity contribution is 6.00. The van der Waals surface area contributed by atoms with Crippen LogP contribution < -0.4 is 0 Å². The number of hydrogen-bond donors (Lipinski definition) is 2. The first-order chi connectivity index (χ1) is 9.72. The molecule has 0 saturated carbocycles. The summed E-state index contributed by atoms with van der Waals surface area (Å²) in [6.45, 7) is -1.92. The van der Waals surface area contributed by atoms with E-state index in [0.717, 1.165) is 12.1 Å². The molecule has 0 radical (unpaired) electrons. The molecule has 0 aliphatic carbocycles. The lowest BCUT2D eigenvalue weighted by atomic mass is 10.1. The third kappa shape index (κ3) is 4.23. The second-order valence-corrected chi connectivity index (χ2v) is 3.87. The predicted molar refractivity (Wildman–Crippen MR) is 64.2 cm³/mol. The van der Waals surface area contributed by atoms with Crippen LogP contribution in [0.4, 0.5) is 10.1 Å². The summed E-state index contributed by atoms with van der Waals surface area (Å²) in [6, 6.07) is 2.07. The van der Waals surface area contributed by atoms with Crippen molar-refractivity contribution in [3.63, 3.8) is 0 Å². The van der Waals surface area contributed by atoms with Gasteiger partial charge in [0.2, 0.25) is 0 Å². The van der Waals surface area contributed by atoms with Crippen molar-refractivity contribution in [3.8, 4) is 0 Å². The van der Waals surface area contributed by atoms with E-state index in [1.54, 1.807) is 0 Å². The van der Waals surface area contributed by atoms with Crippen molar-refractivity contribution in [2.75, 3.05) is 13.1 Å². The van der Waals surface area contributed by atoms with E-state index in [1.807, 2.05) is 0 Å². The summed E-state index contributed by atoms with van der Waals surface area (Å²) in [5, 5.41) is 28.0. The molecule has 1 aromatic rings. The summed E-state index contributed by atoms with van der Waals surface area (Å²) >= 11 is 0. The molecule has 112 valence electrons. The van der Waals surface area contributed by atoms with Gasteiger partial charge in [0.1, 0.15) is 24.5 Å². The van der Waals surface area contributed by atoms with Crippen LogP contribution in [-0.4, -0.2) is 51.0 Å². The van der Waals surface area contributed by atoms with Gasteiger partial charge in [0.05, 0.1) is 11.0 Å². The Hall–Kier alpha value is -3.04. The highest BCUT2D eigenvalue weighted by atomic mass is 19.1. The Balaban J connectivity index is 3.22. The molecule has 0 saturated heterocycles. The van der Waals surface area contributed by atoms with Crippen LogP contribution >= 0.6 is 0 Å². The van der Waals surface area contributed by atoms with Crippen molar-refractivity contribution < 1.29 is 33.9 Å². The molecule has 2 N–H and O–H groups in total. The molecule has 21 heavy (non-hydrogen) atoms. The molecule has 10 heteroatoms. The van der Waals surface area contributed by atoms with Gasteiger partial charge in [0.15, 0.2) is 0 Å². The number of rotatable bonds is 6. The molecule has 0 heterocycles. The minimum absolute atomic E-state index is 0.394. The molecule has 0 bridgehead atoms. The van der Waals surface area contributed by atoms with E-state index in [2.05, 4.69) is 0 Å². The van der Waals surface area contributed by atoms with Gasteiger partial charge in [-0.2, -0.15) is 0 Å². The second kappa shape index (κ2) is 6.41. The molecule has 0 unspecified atom stereocenters. The van der Waals surface area contributed by atoms with Gasteiger partial charge in [-0.05, 0) is 12.1 Å². The largest absolute Gasteiger partial charge is 0.480 e. The maximum atomic E-state index is 13.0. The average molecular weight is 300 g/mol. The average Bonchev–Trinajstić information content (AvgIpc) is 2.35. The third-order valence-electron chi connectivity index (χ3n) is 2.33. The molecule has 0 spiro atoms. The maximum absolute atomic E-state index is 13.0. The maximum Gasteiger partial charge on any atom is 0.323 e. The van der Waals surface area contributed by atoms with Crippen LogP contribution in [0.1, 0.15) is 10.4 Å². The molecular formula is C11H9FN2O7. The van der Waals surface area contributed by atoms with Crippen LogP contribution in [0.25, 0.3) is 0 Å². The van der Waals surface area contributed by atoms with Crippen LogP contribution in [0, 0.1) is 15.9 Å². The van der Waals surface area contributed by atoms with Crippen LogP contribution in [0.15, 0.2) is 18.2 Å². The molecule has 0 atom stereocenters. The summed E-state index contributed by atoms with van der Waals surface area (Å²) in [5.41, 5.74) is -1.47. The number of nitrogens with zero attached hydrogens (tertiary/aromatic N) is 2. The Morgan fingerprint density at radius 3 is 2.14 bits per heavy atom. The number of halogens is 1. The number of carboxylic acid groups (broad SMARTS) is 2. The molecule has 1 aromatic carbocycles. The summed E-state index contributed by atoms with van der Waals surface area (Å²) in [6.07, 6.45) is 0. The molecule has 0 aromatic heterocycles. The van der Waals surface area contributed by atoms with Crippen molar-refractivity contribution in [1.29, 1.82) is 0 Å². The zero-order valence-electron chi connectivity index (χ0n) is 10.4. The molecule has 0 fully saturated rings. The number of hydrogen-bond acceptors (Lipinski definition) is 5. The predicted octanol–water partition coefficient (Wildman–Crippen LogP) is 0.345. The van der Waals surface area contributed by atoms with Gasteiger partial charge in [0, 0.05) is 0 Å². The standard InChI is InChI=1S/C11H9FN2O7/c12-6-1-2-7(8(3-6)14(20)21)11(19)13(4-9(15)16)5-10(17)18/h1-3H,4-5H2,(H,15,16)(H,17,18). The zero-order chi connectivity index (χ0) is 16.2. The van der Waals surface area contributed by atoms with Crippen LogP contribution in [0.3, 0.4) is 0 Å². The third-order valence-corrected chi connectivity index (χ3v) is 2.33. The second-order valence-electron chi connectivity index (χ2n) is 3.87. The summed E-state index contributed by atoms with van der Waals surface area (Å²) in [4.78, 5) is 43.4. The number of benzene rings is 1. The van der Waals surface area contributed by atoms with Crippen molar-refractivity contribution in [1.82, 2.24) is 4.90 Å². The van der Waals surface area contributed by atoms with E-state index < -0.39 is 52.9 Å². The number of amides is 1. The summed E-state index contributed by atoms with van der Waals surface area (Å²) < 4.78 is 13.0. The lowest BCUT2D eigenvalue weighted by Crippen LogP contribution is -2.39. The highest BCUT2D eigenvalue weighted by Crippen LogP contribution is 2.21. The monoisotopic (exact) mass is 300 g/mol. The van der Waals surface area contributed by atoms with Gasteiger partial charge in [-0.1, -0.05) is 0 Å². The van der Waals surface area contributed by atoms with Crippen LogP contribution in [0.2, 0.25) is 0 Å². The summed E-state index contributed by atoms with van der Waals surface area (Å²) in [7, 11) is 0. The molecule has 1 rings (SSSR count). The quantitative estimate of drug-likeness (QED) is 0.570. The first kappa shape index (κ1) is 16.0. The molecule has 9 nitrogen and oxygen atoms in total. The van der Waals surface area contributed by atoms with E-state index >= 15 is 0 Å². The Bertz CT molecular complexity index is 601. The Morgan fingerprint density at radius 1 is 1.19 bits per heavy atom. The fraction of sp³-hybridized carbons (Fsp3) is 0.182. The van der Waals surface area contributed by atoms with Gasteiger partial charge < -0.3 is 15.1 Å². The molecule has 0 aliphatic rings. The number of carbonyl (C=O) groups excluding carboxylic acids is 1. The minimum Gasteiger partial charge on any atom is -0.480 e. The fourth-order valence-electron chi connectivity index (χ4n) is 1.53. The highest BCUT2D eigenvalue weighted by Gasteiger charge is 2.27. The van der Waals surface area contributed by atoms with E-state index in [4.69, 9.17) is 10.2 Å². The van der Waals surface area contributed by atoms with Crippen molar-refractivity contribution in [3.05, 3.63) is 39.7 Å². The molecular weight excluding hydrogens is 291 g/mol. The van der Waals surface area contributed by atoms with Gasteiger partial charge in [0.25, 0.3) is 11.6 Å². The zero-order valence-corrected chi connectivity index (χ0v) is 10.4. The topological polar surface area (TPSA) is 138 Å². The Morgan fingerprint density at radius 2 is 1.71 bits per heavy atom. The fourth-order valence-corrected chi connectivity index (χ4v) is 1.53. The Kier molecular flexibility index (Phi) is 4.89.